The number of fused-ring (bicyclic) bond motifs is 1. The Morgan fingerprint density at radius 3 is 2.52 bits per heavy atom. The van der Waals surface area contributed by atoms with Crippen LogP contribution in [0, 0.1) is 11.7 Å². The van der Waals surface area contributed by atoms with E-state index >= 15 is 0 Å². The first kappa shape index (κ1) is 27.2. The van der Waals surface area contributed by atoms with Crippen molar-refractivity contribution >= 4 is 29.3 Å². The Morgan fingerprint density at radius 1 is 1.10 bits per heavy atom. The van der Waals surface area contributed by atoms with Gasteiger partial charge in [-0.1, -0.05) is 12.1 Å². The summed E-state index contributed by atoms with van der Waals surface area (Å²) in [7, 11) is 0. The highest BCUT2D eigenvalue weighted by molar-refractivity contribution is 6.10. The summed E-state index contributed by atoms with van der Waals surface area (Å²) >= 11 is 0. The number of nitrogen functional groups attached to an aromatic ring is 1. The largest absolute Gasteiger partial charge is 0.492 e. The predicted octanol–water partition coefficient (Wildman–Crippen LogP) is 4.48. The molecule has 0 saturated heterocycles. The van der Waals surface area contributed by atoms with Gasteiger partial charge in [-0.15, -0.1) is 0 Å². The normalized spacial score (nSPS) is 18.8. The Balaban J connectivity index is 1.21. The number of benzene rings is 2. The van der Waals surface area contributed by atoms with Crippen LogP contribution in [0.3, 0.4) is 0 Å². The number of rotatable bonds is 9. The molecule has 5 rings (SSSR count). The summed E-state index contributed by atoms with van der Waals surface area (Å²) in [4.78, 5) is 34.7. The fourth-order valence-corrected chi connectivity index (χ4v) is 5.29. The van der Waals surface area contributed by atoms with Gasteiger partial charge in [0.1, 0.15) is 36.2 Å². The van der Waals surface area contributed by atoms with Gasteiger partial charge in [0.05, 0.1) is 13.1 Å². The van der Waals surface area contributed by atoms with Crippen LogP contribution in [0.15, 0.2) is 48.5 Å². The third-order valence-electron chi connectivity index (χ3n) is 7.37. The molecule has 1 fully saturated rings. The number of carbonyl (C=O) groups excluding carboxylic acids is 1. The number of nitrogens with one attached hydrogen (secondary N) is 1. The van der Waals surface area contributed by atoms with E-state index in [-0.39, 0.29) is 60.5 Å². The highest BCUT2D eigenvalue weighted by atomic mass is 19.1. The molecule has 4 N–H and O–H groups in total. The van der Waals surface area contributed by atoms with Crippen molar-refractivity contribution in [2.75, 3.05) is 42.3 Å². The maximum Gasteiger partial charge on any atom is 0.303 e. The molecule has 2 aromatic carbocycles. The van der Waals surface area contributed by atoms with Crippen molar-refractivity contribution in [1.82, 2.24) is 9.97 Å². The molecule has 1 aliphatic carbocycles. The van der Waals surface area contributed by atoms with Gasteiger partial charge in [-0.2, -0.15) is 9.97 Å². The number of hydrogen-bond acceptors (Lipinski definition) is 8. The number of aromatic nitrogens is 2. The summed E-state index contributed by atoms with van der Waals surface area (Å²) in [5.74, 6) is 0.122. The Bertz CT molecular complexity index is 1340. The van der Waals surface area contributed by atoms with E-state index in [1.807, 2.05) is 24.3 Å². The van der Waals surface area contributed by atoms with Gasteiger partial charge in [0, 0.05) is 12.1 Å². The number of carboxylic acids is 1. The topological polar surface area (TPSA) is 140 Å². The molecule has 0 bridgehead atoms. The number of aliphatic carboxylic acids is 1. The van der Waals surface area contributed by atoms with Gasteiger partial charge in [0.15, 0.2) is 0 Å². The lowest BCUT2D eigenvalue weighted by atomic mass is 9.77. The fourth-order valence-electron chi connectivity index (χ4n) is 5.29. The van der Waals surface area contributed by atoms with Crippen LogP contribution in [0.5, 0.6) is 11.6 Å². The summed E-state index contributed by atoms with van der Waals surface area (Å²) in [6.45, 7) is 1.18. The lowest BCUT2D eigenvalue weighted by Gasteiger charge is -2.28. The van der Waals surface area contributed by atoms with Crippen molar-refractivity contribution in [2.24, 2.45) is 5.92 Å². The third-order valence-corrected chi connectivity index (χ3v) is 7.37. The Labute approximate surface area is 231 Å². The van der Waals surface area contributed by atoms with Crippen LogP contribution in [-0.2, 0) is 4.79 Å². The minimum absolute atomic E-state index is 0.0126. The number of hydrogen-bond donors (Lipinski definition) is 3. The predicted molar refractivity (Wildman–Crippen MR) is 147 cm³/mol. The van der Waals surface area contributed by atoms with Gasteiger partial charge in [0.25, 0.3) is 5.91 Å². The van der Waals surface area contributed by atoms with Crippen molar-refractivity contribution in [3.63, 3.8) is 0 Å². The summed E-state index contributed by atoms with van der Waals surface area (Å²) in [5.41, 5.74) is 8.23. The SMILES string of the molecule is Nc1nc(NCCOc2ccc(F)cc2)nc2c1C(=O)N(c1ccc(C3CCC(CC(=O)O)CC3)cc1)CCO2. The minimum Gasteiger partial charge on any atom is -0.492 e. The van der Waals surface area contributed by atoms with Gasteiger partial charge in [0.2, 0.25) is 11.8 Å². The maximum absolute atomic E-state index is 13.5. The fraction of sp³-hybridized carbons (Fsp3) is 0.379. The molecule has 0 spiro atoms. The van der Waals surface area contributed by atoms with Gasteiger partial charge < -0.3 is 30.5 Å². The Hall–Kier alpha value is -4.41. The molecular formula is C29H32FN5O5. The average Bonchev–Trinajstić information content (AvgIpc) is 3.11. The van der Waals surface area contributed by atoms with E-state index in [9.17, 15) is 14.0 Å². The number of halogens is 1. The van der Waals surface area contributed by atoms with Crippen molar-refractivity contribution in [3.8, 4) is 11.6 Å². The van der Waals surface area contributed by atoms with E-state index in [1.54, 1.807) is 17.0 Å². The molecule has 1 aliphatic heterocycles. The lowest BCUT2D eigenvalue weighted by Crippen LogP contribution is -2.32. The monoisotopic (exact) mass is 549 g/mol. The number of nitrogens with two attached hydrogens (primary N) is 1. The van der Waals surface area contributed by atoms with Gasteiger partial charge in [-0.25, -0.2) is 4.39 Å². The molecule has 40 heavy (non-hydrogen) atoms. The lowest BCUT2D eigenvalue weighted by molar-refractivity contribution is -0.138. The number of carbonyl (C=O) groups is 2. The first-order valence-corrected chi connectivity index (χ1v) is 13.4. The molecule has 10 nitrogen and oxygen atoms in total. The van der Waals surface area contributed by atoms with Crippen LogP contribution in [0.2, 0.25) is 0 Å². The van der Waals surface area contributed by atoms with Gasteiger partial charge in [-0.3, -0.25) is 9.59 Å². The van der Waals surface area contributed by atoms with E-state index in [1.165, 1.54) is 17.7 Å². The smallest absolute Gasteiger partial charge is 0.303 e. The quantitative estimate of drug-likeness (QED) is 0.330. The summed E-state index contributed by atoms with van der Waals surface area (Å²) in [6.07, 6.45) is 3.99. The number of nitrogens with zero attached hydrogens (tertiary/aromatic N) is 3. The molecule has 11 heteroatoms. The second-order valence-corrected chi connectivity index (χ2v) is 10.1. The van der Waals surface area contributed by atoms with Crippen LogP contribution in [0.25, 0.3) is 0 Å². The zero-order valence-electron chi connectivity index (χ0n) is 22.0. The number of carboxylic acid groups (broad SMARTS) is 1. The third kappa shape index (κ3) is 6.41. The number of anilines is 3. The highest BCUT2D eigenvalue weighted by Gasteiger charge is 2.30. The molecule has 1 saturated carbocycles. The molecule has 1 aromatic heterocycles. The summed E-state index contributed by atoms with van der Waals surface area (Å²) < 4.78 is 24.4. The summed E-state index contributed by atoms with van der Waals surface area (Å²) in [6, 6.07) is 13.7. The second kappa shape index (κ2) is 12.2. The first-order valence-electron chi connectivity index (χ1n) is 13.4. The van der Waals surface area contributed by atoms with E-state index in [0.29, 0.717) is 24.8 Å². The van der Waals surface area contributed by atoms with E-state index in [2.05, 4.69) is 15.3 Å². The van der Waals surface area contributed by atoms with Crippen molar-refractivity contribution in [3.05, 3.63) is 65.5 Å². The van der Waals surface area contributed by atoms with E-state index in [4.69, 9.17) is 20.3 Å². The summed E-state index contributed by atoms with van der Waals surface area (Å²) in [5, 5.41) is 12.1. The molecule has 3 aromatic rings. The zero-order valence-corrected chi connectivity index (χ0v) is 22.0. The molecule has 2 heterocycles. The van der Waals surface area contributed by atoms with Crippen LogP contribution < -0.4 is 25.4 Å². The molecule has 0 unspecified atom stereocenters. The molecule has 210 valence electrons. The van der Waals surface area contributed by atoms with Gasteiger partial charge >= 0.3 is 5.97 Å². The van der Waals surface area contributed by atoms with Gasteiger partial charge in [-0.05, 0) is 79.5 Å². The standard InChI is InChI=1S/C29H32FN5O5/c30-21-7-11-23(12-8-21)39-15-13-32-29-33-26(31)25-27(34-29)40-16-14-35(28(25)38)22-9-5-20(6-10-22)19-3-1-18(2-4-19)17-24(36)37/h5-12,18-19H,1-4,13-17H2,(H,36,37)(H3,31,32,33,34). The van der Waals surface area contributed by atoms with E-state index in [0.717, 1.165) is 31.4 Å². The second-order valence-electron chi connectivity index (χ2n) is 10.1. The average molecular weight is 550 g/mol. The molecule has 0 radical (unpaired) electrons. The zero-order chi connectivity index (χ0) is 28.1. The number of amides is 1. The molecular weight excluding hydrogens is 517 g/mol. The Kier molecular flexibility index (Phi) is 8.28. The van der Waals surface area contributed by atoms with E-state index < -0.39 is 5.97 Å². The highest BCUT2D eigenvalue weighted by Crippen LogP contribution is 2.38. The van der Waals surface area contributed by atoms with Crippen LogP contribution in [0.1, 0.15) is 53.9 Å². The molecule has 1 amide bonds. The van der Waals surface area contributed by atoms with Crippen LogP contribution in [0.4, 0.5) is 21.8 Å². The van der Waals surface area contributed by atoms with Crippen LogP contribution >= 0.6 is 0 Å². The molecule has 2 aliphatic rings. The van der Waals surface area contributed by atoms with Crippen molar-refractivity contribution in [1.29, 1.82) is 0 Å². The minimum atomic E-state index is -0.730. The van der Waals surface area contributed by atoms with Crippen molar-refractivity contribution < 1.29 is 28.6 Å². The molecule has 0 atom stereocenters. The number of ether oxygens (including phenoxy) is 2. The Morgan fingerprint density at radius 2 is 1.82 bits per heavy atom. The van der Waals surface area contributed by atoms with Crippen molar-refractivity contribution in [2.45, 2.75) is 38.0 Å². The maximum atomic E-state index is 13.5. The first-order chi connectivity index (χ1) is 19.4. The van der Waals surface area contributed by atoms with Crippen LogP contribution in [-0.4, -0.2) is 53.3 Å².